The molecule has 0 aliphatic carbocycles. The maximum absolute atomic E-state index is 12.8. The molecule has 2 aromatic rings. The fraction of sp³-hybridized carbons (Fsp3) is 0.625. The molecule has 0 aromatic heterocycles. The first kappa shape index (κ1) is 49.5. The number of benzene rings is 2. The van der Waals surface area contributed by atoms with Crippen molar-refractivity contribution in [2.24, 2.45) is 0 Å². The van der Waals surface area contributed by atoms with Gasteiger partial charge in [-0.25, -0.2) is 9.59 Å². The Morgan fingerprint density at radius 1 is 0.536 bits per heavy atom. The summed E-state index contributed by atoms with van der Waals surface area (Å²) in [6.45, 7) is 17.1. The van der Waals surface area contributed by atoms with Gasteiger partial charge in [0, 0.05) is 0 Å². The van der Waals surface area contributed by atoms with Crippen LogP contribution in [0.2, 0.25) is 0 Å². The minimum atomic E-state index is -0.0272. The molecule has 0 bridgehead atoms. The van der Waals surface area contributed by atoms with E-state index in [1.807, 2.05) is 0 Å². The van der Waals surface area contributed by atoms with E-state index in [0.717, 1.165) is 86.8 Å². The summed E-state index contributed by atoms with van der Waals surface area (Å²) in [5, 5.41) is 0. The second-order valence-electron chi connectivity index (χ2n) is 16.8. The summed E-state index contributed by atoms with van der Waals surface area (Å²) in [5.74, 6) is -0.0545. The summed E-state index contributed by atoms with van der Waals surface area (Å²) >= 11 is 0. The van der Waals surface area contributed by atoms with Crippen LogP contribution in [0.1, 0.15) is 129 Å². The van der Waals surface area contributed by atoms with E-state index in [9.17, 15) is 9.59 Å². The van der Waals surface area contributed by atoms with Gasteiger partial charge in [0.1, 0.15) is 0 Å². The summed E-state index contributed by atoms with van der Waals surface area (Å²) in [6.07, 6.45) is 22.9. The van der Waals surface area contributed by atoms with Gasteiger partial charge in [-0.15, -0.1) is 0 Å². The summed E-state index contributed by atoms with van der Waals surface area (Å²) in [5.41, 5.74) is 7.82. The molecule has 2 aliphatic rings. The van der Waals surface area contributed by atoms with Gasteiger partial charge in [-0.1, -0.05) is 112 Å². The molecule has 0 atom stereocenters. The average molecular weight is 814 g/mol. The molecule has 6 nitrogen and oxygen atoms in total. The van der Waals surface area contributed by atoms with Gasteiger partial charge in [-0.3, -0.25) is 0 Å². The Labute approximate surface area is 353 Å². The molecule has 2 fully saturated rings. The van der Waals surface area contributed by atoms with E-state index in [2.05, 4.69) is 88.4 Å². The highest BCUT2D eigenvalue weighted by atomic mass is 35.5. The lowest BCUT2D eigenvalue weighted by atomic mass is 9.98. The molecule has 56 heavy (non-hydrogen) atoms. The molecule has 4 rings (SSSR count). The summed E-state index contributed by atoms with van der Waals surface area (Å²) < 4.78 is 13.0. The van der Waals surface area contributed by atoms with Crippen LogP contribution in [0.15, 0.2) is 71.8 Å². The van der Waals surface area contributed by atoms with E-state index >= 15 is 0 Å². The topological polar surface area (TPSA) is 52.6 Å². The lowest BCUT2D eigenvalue weighted by Crippen LogP contribution is -3.00. The van der Waals surface area contributed by atoms with E-state index in [1.165, 1.54) is 97.6 Å². The Morgan fingerprint density at radius 3 is 1.23 bits per heavy atom. The van der Waals surface area contributed by atoms with Crippen molar-refractivity contribution < 1.29 is 52.8 Å². The van der Waals surface area contributed by atoms with Crippen LogP contribution in [0.5, 0.6) is 0 Å². The number of nitrogens with zero attached hydrogens (tertiary/aromatic N) is 2. The highest BCUT2D eigenvalue weighted by Crippen LogP contribution is 2.25. The predicted octanol–water partition coefficient (Wildman–Crippen LogP) is 4.59. The molecule has 2 heterocycles. The van der Waals surface area contributed by atoms with Crippen molar-refractivity contribution in [1.82, 2.24) is 0 Å². The van der Waals surface area contributed by atoms with E-state index in [1.54, 1.807) is 0 Å². The molecule has 0 radical (unpaired) electrons. The van der Waals surface area contributed by atoms with E-state index in [0.29, 0.717) is 26.3 Å². The second kappa shape index (κ2) is 27.1. The number of halogens is 2. The van der Waals surface area contributed by atoms with Crippen LogP contribution in [-0.2, 0) is 31.9 Å². The number of hydrogen-bond donors (Lipinski definition) is 0. The van der Waals surface area contributed by atoms with Crippen LogP contribution in [0.4, 0.5) is 0 Å². The van der Waals surface area contributed by atoms with Gasteiger partial charge in [0.25, 0.3) is 0 Å². The van der Waals surface area contributed by atoms with Crippen molar-refractivity contribution in [2.75, 3.05) is 65.6 Å². The molecule has 0 N–H and O–H groups in total. The highest BCUT2D eigenvalue weighted by molar-refractivity contribution is 5.71. The van der Waals surface area contributed by atoms with Crippen LogP contribution in [0.25, 0.3) is 11.1 Å². The zero-order chi connectivity index (χ0) is 38.5. The Hall–Kier alpha value is -2.64. The third kappa shape index (κ3) is 17.9. The summed E-state index contributed by atoms with van der Waals surface area (Å²) in [7, 11) is 0. The lowest BCUT2D eigenvalue weighted by Gasteiger charge is -2.40. The van der Waals surface area contributed by atoms with E-state index in [4.69, 9.17) is 9.47 Å². The number of carbonyl (C=O) groups excluding carboxylic acids is 2. The number of quaternary nitrogens is 2. The fourth-order valence-corrected chi connectivity index (χ4v) is 8.36. The third-order valence-electron chi connectivity index (χ3n) is 11.8. The number of likely N-dealkylation sites (tertiary alicyclic amines) is 2. The van der Waals surface area contributed by atoms with E-state index in [-0.39, 0.29) is 36.8 Å². The Bertz CT molecular complexity index is 1350. The number of carbonyl (C=O) groups is 2. The molecule has 2 aliphatic heterocycles. The van der Waals surface area contributed by atoms with Gasteiger partial charge in [-0.2, -0.15) is 0 Å². The maximum atomic E-state index is 12.8. The Kier molecular flexibility index (Phi) is 24.0. The second-order valence-corrected chi connectivity index (χ2v) is 16.8. The number of unbranched alkanes of at least 4 members (excludes halogenated alkanes) is 6. The Morgan fingerprint density at radius 2 is 0.893 bits per heavy atom. The molecule has 314 valence electrons. The molecule has 0 saturated carbocycles. The smallest absolute Gasteiger partial charge is 0.361 e. The zero-order valence-electron chi connectivity index (χ0n) is 35.4. The van der Waals surface area contributed by atoms with Crippen molar-refractivity contribution in [3.8, 4) is 11.1 Å². The van der Waals surface area contributed by atoms with Crippen molar-refractivity contribution in [2.45, 2.75) is 130 Å². The third-order valence-corrected chi connectivity index (χ3v) is 11.8. The zero-order valence-corrected chi connectivity index (χ0v) is 37.0. The molecular weight excluding hydrogens is 739 g/mol. The average Bonchev–Trinajstić information content (AvgIpc) is 3.18. The molecule has 2 saturated heterocycles. The maximum Gasteiger partial charge on any atom is 0.361 e. The minimum absolute atomic E-state index is 0. The predicted molar refractivity (Wildman–Crippen MR) is 224 cm³/mol. The van der Waals surface area contributed by atoms with Gasteiger partial charge < -0.3 is 43.3 Å². The van der Waals surface area contributed by atoms with Crippen molar-refractivity contribution in [1.29, 1.82) is 0 Å². The molecular formula is C48H74Cl2N2O4. The summed E-state index contributed by atoms with van der Waals surface area (Å²) in [4.78, 5) is 25.6. The van der Waals surface area contributed by atoms with Crippen LogP contribution in [0, 0.1) is 0 Å². The van der Waals surface area contributed by atoms with Crippen LogP contribution in [-0.4, -0.2) is 86.5 Å². The molecule has 8 heteroatoms. The van der Waals surface area contributed by atoms with Crippen molar-refractivity contribution in [3.05, 3.63) is 83.0 Å². The minimum Gasteiger partial charge on any atom is -1.00 e. The first-order valence-corrected chi connectivity index (χ1v) is 21.7. The molecule has 0 spiro atoms. The van der Waals surface area contributed by atoms with Crippen molar-refractivity contribution >= 4 is 11.9 Å². The molecule has 2 aromatic carbocycles. The SMILES string of the molecule is CCCCCCOC(=O)C[N+]1(C/C=C(\C)Cc2ccc(-c3ccc(C/C(C)=C/C[N+]4(CC(=O)OCCCCCC)CCCCC4)cc3)cc2)CCCCC1.[Cl-].[Cl-]. The highest BCUT2D eigenvalue weighted by Gasteiger charge is 2.33. The van der Waals surface area contributed by atoms with Gasteiger partial charge >= 0.3 is 11.9 Å². The Balaban J connectivity index is 0.00000541. The van der Waals surface area contributed by atoms with Gasteiger partial charge in [-0.05, 0) is 112 Å². The van der Waals surface area contributed by atoms with Crippen LogP contribution in [0.3, 0.4) is 0 Å². The fourth-order valence-electron chi connectivity index (χ4n) is 8.36. The standard InChI is InChI=1S/C48H74N2O4.2ClH/c1-5-7-9-17-35-53-47(51)39-49(29-13-11-14-30-49)33-27-41(3)37-43-19-23-45(24-20-43)46-25-21-44(22-26-46)38-42(4)28-34-50(31-15-12-16-32-50)40-48(52)54-36-18-10-8-6-2;;/h19-28H,5-18,29-40H2,1-4H3;2*1H/q+2;;/p-2/b41-27+,42-28+;;. The number of ether oxygens (including phenoxy) is 2. The summed E-state index contributed by atoms with van der Waals surface area (Å²) in [6, 6.07) is 18.0. The number of rotatable bonds is 23. The largest absolute Gasteiger partial charge is 1.00 e. The van der Waals surface area contributed by atoms with Gasteiger partial charge in [0.15, 0.2) is 13.1 Å². The lowest BCUT2D eigenvalue weighted by molar-refractivity contribution is -0.920. The first-order chi connectivity index (χ1) is 26.2. The first-order valence-electron chi connectivity index (χ1n) is 21.7. The normalized spacial score (nSPS) is 16.6. The monoisotopic (exact) mass is 813 g/mol. The molecule has 0 unspecified atom stereocenters. The quantitative estimate of drug-likeness (QED) is 0.0715. The molecule has 0 amide bonds. The van der Waals surface area contributed by atoms with Gasteiger partial charge in [0.05, 0.1) is 52.5 Å². The van der Waals surface area contributed by atoms with E-state index < -0.39 is 0 Å². The number of piperidine rings is 2. The van der Waals surface area contributed by atoms with Crippen LogP contribution >= 0.6 is 0 Å². The van der Waals surface area contributed by atoms with Gasteiger partial charge in [0.2, 0.25) is 0 Å². The van der Waals surface area contributed by atoms with Crippen molar-refractivity contribution in [3.63, 3.8) is 0 Å². The number of hydrogen-bond acceptors (Lipinski definition) is 4. The number of allylic oxidation sites excluding steroid dienone is 2. The number of esters is 2. The van der Waals surface area contributed by atoms with Crippen LogP contribution < -0.4 is 24.8 Å².